The number of aromatic nitrogens is 2. The van der Waals surface area contributed by atoms with Crippen molar-refractivity contribution in [3.05, 3.63) is 76.3 Å². The van der Waals surface area contributed by atoms with Crippen molar-refractivity contribution in [2.24, 2.45) is 0 Å². The third-order valence-electron chi connectivity index (χ3n) is 6.63. The van der Waals surface area contributed by atoms with E-state index in [1.165, 1.54) is 5.56 Å². The van der Waals surface area contributed by atoms with Crippen molar-refractivity contribution < 1.29 is 14.2 Å². The number of methoxy groups -OCH3 is 1. The maximum absolute atomic E-state index is 6.11. The van der Waals surface area contributed by atoms with Gasteiger partial charge < -0.3 is 18.8 Å². The average Bonchev–Trinajstić information content (AvgIpc) is 3.28. The lowest BCUT2D eigenvalue weighted by Crippen LogP contribution is -2.48. The monoisotopic (exact) mass is 517 g/mol. The molecular formula is C27H33Cl2N3O3. The molecule has 0 saturated carbocycles. The van der Waals surface area contributed by atoms with Crippen LogP contribution in [0.25, 0.3) is 0 Å². The van der Waals surface area contributed by atoms with E-state index < -0.39 is 0 Å². The molecule has 1 saturated heterocycles. The van der Waals surface area contributed by atoms with Gasteiger partial charge in [0, 0.05) is 51.7 Å². The van der Waals surface area contributed by atoms with Crippen molar-refractivity contribution >= 4 is 23.2 Å². The first-order valence-corrected chi connectivity index (χ1v) is 12.8. The second kappa shape index (κ2) is 12.1. The van der Waals surface area contributed by atoms with Crippen LogP contribution in [0.15, 0.2) is 54.9 Å². The van der Waals surface area contributed by atoms with Crippen molar-refractivity contribution in [1.29, 1.82) is 0 Å². The fraction of sp³-hybridized carbons (Fsp3) is 0.444. The molecule has 188 valence electrons. The summed E-state index contributed by atoms with van der Waals surface area (Å²) in [7, 11) is 1.77. The summed E-state index contributed by atoms with van der Waals surface area (Å²) in [6.45, 7) is 6.86. The lowest BCUT2D eigenvalue weighted by molar-refractivity contribution is -0.0839. The van der Waals surface area contributed by atoms with E-state index in [-0.39, 0.29) is 5.60 Å². The number of likely N-dealkylation sites (tertiary alicyclic amines) is 1. The Balaban J connectivity index is 1.23. The van der Waals surface area contributed by atoms with Crippen molar-refractivity contribution in [1.82, 2.24) is 14.5 Å². The van der Waals surface area contributed by atoms with E-state index in [0.29, 0.717) is 29.0 Å². The zero-order valence-electron chi connectivity index (χ0n) is 20.4. The number of halogens is 2. The summed E-state index contributed by atoms with van der Waals surface area (Å²) in [4.78, 5) is 6.71. The van der Waals surface area contributed by atoms with Crippen molar-refractivity contribution in [2.75, 3.05) is 33.4 Å². The highest BCUT2D eigenvalue weighted by atomic mass is 35.5. The predicted molar refractivity (Wildman–Crippen MR) is 140 cm³/mol. The van der Waals surface area contributed by atoms with Gasteiger partial charge in [-0.2, -0.15) is 0 Å². The molecule has 0 spiro atoms. The molecule has 0 bridgehead atoms. The van der Waals surface area contributed by atoms with Crippen LogP contribution in [0.4, 0.5) is 0 Å². The van der Waals surface area contributed by atoms with Gasteiger partial charge in [0.05, 0.1) is 16.7 Å². The Hall–Kier alpha value is -2.25. The van der Waals surface area contributed by atoms with E-state index >= 15 is 0 Å². The number of imidazole rings is 1. The van der Waals surface area contributed by atoms with Gasteiger partial charge in [-0.15, -0.1) is 0 Å². The summed E-state index contributed by atoms with van der Waals surface area (Å²) >= 11 is 12.1. The Morgan fingerprint density at radius 1 is 1.00 bits per heavy atom. The molecule has 1 fully saturated rings. The second-order valence-corrected chi connectivity index (χ2v) is 9.86. The normalized spacial score (nSPS) is 15.8. The molecule has 6 nitrogen and oxygen atoms in total. The lowest BCUT2D eigenvalue weighted by Gasteiger charge is -2.40. The van der Waals surface area contributed by atoms with E-state index in [1.807, 2.05) is 31.5 Å². The van der Waals surface area contributed by atoms with E-state index in [9.17, 15) is 0 Å². The molecule has 3 aromatic rings. The van der Waals surface area contributed by atoms with Crippen LogP contribution in [0.3, 0.4) is 0 Å². The quantitative estimate of drug-likeness (QED) is 0.290. The largest absolute Gasteiger partial charge is 0.494 e. The third kappa shape index (κ3) is 7.14. The molecule has 8 heteroatoms. The van der Waals surface area contributed by atoms with Crippen LogP contribution in [0.1, 0.15) is 30.7 Å². The standard InChI is InChI=1S/C27H33Cl2N3O3/c1-21-30-11-15-32(21)12-4-16-34-23-6-3-5-22(17-23)19-31-13-9-27(33-2,10-14-31)20-35-24-7-8-25(28)26(29)18-24/h3,5-8,11,15,17-18H,4,9-10,12-14,16,19-20H2,1-2H3. The first-order valence-electron chi connectivity index (χ1n) is 12.0. The average molecular weight is 518 g/mol. The lowest BCUT2D eigenvalue weighted by atomic mass is 9.91. The summed E-state index contributed by atoms with van der Waals surface area (Å²) in [5, 5.41) is 1.01. The summed E-state index contributed by atoms with van der Waals surface area (Å²) in [6, 6.07) is 13.7. The number of rotatable bonds is 11. The minimum Gasteiger partial charge on any atom is -0.494 e. The van der Waals surface area contributed by atoms with Gasteiger partial charge in [-0.25, -0.2) is 4.98 Å². The fourth-order valence-corrected chi connectivity index (χ4v) is 4.65. The summed E-state index contributed by atoms with van der Waals surface area (Å²) < 4.78 is 20.1. The molecule has 4 rings (SSSR count). The Morgan fingerprint density at radius 3 is 2.51 bits per heavy atom. The van der Waals surface area contributed by atoms with Gasteiger partial charge in [0.2, 0.25) is 0 Å². The SMILES string of the molecule is COC1(COc2ccc(Cl)c(Cl)c2)CCN(Cc2cccc(OCCCn3ccnc3C)c2)CC1. The molecule has 0 atom stereocenters. The second-order valence-electron chi connectivity index (χ2n) is 9.05. The van der Waals surface area contributed by atoms with Crippen LogP contribution >= 0.6 is 23.2 Å². The van der Waals surface area contributed by atoms with Gasteiger partial charge in [0.1, 0.15) is 29.5 Å². The molecule has 0 N–H and O–H groups in total. The first-order chi connectivity index (χ1) is 17.0. The molecule has 0 radical (unpaired) electrons. The van der Waals surface area contributed by atoms with E-state index in [1.54, 1.807) is 19.2 Å². The number of ether oxygens (including phenoxy) is 3. The van der Waals surface area contributed by atoms with E-state index in [0.717, 1.165) is 57.0 Å². The Kier molecular flexibility index (Phi) is 8.95. The smallest absolute Gasteiger partial charge is 0.121 e. The molecule has 0 amide bonds. The molecule has 1 aliphatic heterocycles. The molecule has 2 aromatic carbocycles. The van der Waals surface area contributed by atoms with Crippen LogP contribution in [0.2, 0.25) is 10.0 Å². The van der Waals surface area contributed by atoms with Crippen LogP contribution in [-0.2, 0) is 17.8 Å². The van der Waals surface area contributed by atoms with Crippen LogP contribution in [0, 0.1) is 6.92 Å². The molecular weight excluding hydrogens is 485 g/mol. The minimum absolute atomic E-state index is 0.304. The predicted octanol–water partition coefficient (Wildman–Crippen LogP) is 6.03. The summed E-state index contributed by atoms with van der Waals surface area (Å²) in [5.41, 5.74) is 0.950. The van der Waals surface area contributed by atoms with Crippen LogP contribution < -0.4 is 9.47 Å². The van der Waals surface area contributed by atoms with Crippen molar-refractivity contribution in [2.45, 2.75) is 44.9 Å². The Bertz CT molecular complexity index is 1100. The van der Waals surface area contributed by atoms with Gasteiger partial charge in [0.25, 0.3) is 0 Å². The van der Waals surface area contributed by atoms with Gasteiger partial charge in [-0.3, -0.25) is 4.90 Å². The number of nitrogens with zero attached hydrogens (tertiary/aromatic N) is 3. The molecule has 1 aromatic heterocycles. The first kappa shape index (κ1) is 25.8. The maximum atomic E-state index is 6.11. The highest BCUT2D eigenvalue weighted by molar-refractivity contribution is 6.42. The van der Waals surface area contributed by atoms with E-state index in [4.69, 9.17) is 37.4 Å². The highest BCUT2D eigenvalue weighted by Crippen LogP contribution is 2.30. The molecule has 2 heterocycles. The zero-order valence-corrected chi connectivity index (χ0v) is 21.9. The van der Waals surface area contributed by atoms with E-state index in [2.05, 4.69) is 32.7 Å². The number of hydrogen-bond donors (Lipinski definition) is 0. The van der Waals surface area contributed by atoms with Crippen LogP contribution in [0.5, 0.6) is 11.5 Å². The minimum atomic E-state index is -0.304. The zero-order chi connectivity index (χ0) is 24.7. The molecule has 1 aliphatic rings. The molecule has 0 unspecified atom stereocenters. The van der Waals surface area contributed by atoms with Crippen molar-refractivity contribution in [3.8, 4) is 11.5 Å². The third-order valence-corrected chi connectivity index (χ3v) is 7.37. The number of aryl methyl sites for hydroxylation is 2. The summed E-state index contributed by atoms with van der Waals surface area (Å²) in [6.07, 6.45) is 6.58. The van der Waals surface area contributed by atoms with Gasteiger partial charge >= 0.3 is 0 Å². The van der Waals surface area contributed by atoms with Crippen molar-refractivity contribution in [3.63, 3.8) is 0 Å². The van der Waals surface area contributed by atoms with Crippen LogP contribution in [-0.4, -0.2) is 53.5 Å². The van der Waals surface area contributed by atoms with Gasteiger partial charge in [-0.05, 0) is 56.0 Å². The highest BCUT2D eigenvalue weighted by Gasteiger charge is 2.35. The molecule has 35 heavy (non-hydrogen) atoms. The van der Waals surface area contributed by atoms with Gasteiger partial charge in [0.15, 0.2) is 0 Å². The number of hydrogen-bond acceptors (Lipinski definition) is 5. The fourth-order valence-electron chi connectivity index (χ4n) is 4.36. The summed E-state index contributed by atoms with van der Waals surface area (Å²) in [5.74, 6) is 2.66. The van der Waals surface area contributed by atoms with Gasteiger partial charge in [-0.1, -0.05) is 35.3 Å². The maximum Gasteiger partial charge on any atom is 0.121 e. The number of benzene rings is 2. The number of piperidine rings is 1. The Labute approximate surface area is 217 Å². The topological polar surface area (TPSA) is 48.8 Å². The molecule has 0 aliphatic carbocycles. The Morgan fingerprint density at radius 2 is 1.80 bits per heavy atom.